The topological polar surface area (TPSA) is 64.4 Å². The lowest BCUT2D eigenvalue weighted by molar-refractivity contribution is -0.140. The summed E-state index contributed by atoms with van der Waals surface area (Å²) in [5.41, 5.74) is 5.45. The fourth-order valence-corrected chi connectivity index (χ4v) is 3.17. The summed E-state index contributed by atoms with van der Waals surface area (Å²) in [4.78, 5) is 12.2. The molecule has 2 fully saturated rings. The van der Waals surface area contributed by atoms with E-state index in [0.717, 1.165) is 25.7 Å². The van der Waals surface area contributed by atoms with Gasteiger partial charge in [0.1, 0.15) is 5.60 Å². The fraction of sp³-hybridized carbons (Fsp3) is 0.929. The van der Waals surface area contributed by atoms with E-state index in [0.29, 0.717) is 19.7 Å². The van der Waals surface area contributed by atoms with Crippen LogP contribution in [0.5, 0.6) is 0 Å². The fourth-order valence-electron chi connectivity index (χ4n) is 3.17. The minimum Gasteiger partial charge on any atom is -0.365 e. The van der Waals surface area contributed by atoms with Gasteiger partial charge in [-0.1, -0.05) is 19.3 Å². The molecular weight excluding hydrogens is 228 g/mol. The van der Waals surface area contributed by atoms with Crippen molar-refractivity contribution >= 4 is 5.91 Å². The minimum absolute atomic E-state index is 0.0402. The summed E-state index contributed by atoms with van der Waals surface area (Å²) in [5.74, 6) is 0.0402. The molecule has 0 spiro atoms. The molecule has 1 aliphatic carbocycles. The van der Waals surface area contributed by atoms with Gasteiger partial charge in [-0.3, -0.25) is 4.79 Å². The average Bonchev–Trinajstić information content (AvgIpc) is 2.85. The summed E-state index contributed by atoms with van der Waals surface area (Å²) in [5, 5.41) is 3.08. The van der Waals surface area contributed by atoms with Crippen LogP contribution in [0.4, 0.5) is 0 Å². The molecule has 1 heterocycles. The number of nitrogens with one attached hydrogen (secondary N) is 1. The third-order valence-electron chi connectivity index (χ3n) is 4.67. The van der Waals surface area contributed by atoms with Gasteiger partial charge in [0.25, 0.3) is 5.91 Å². The van der Waals surface area contributed by atoms with Crippen molar-refractivity contribution in [3.8, 4) is 0 Å². The second-order valence-electron chi connectivity index (χ2n) is 6.13. The average molecular weight is 254 g/mol. The Morgan fingerprint density at radius 1 is 1.22 bits per heavy atom. The summed E-state index contributed by atoms with van der Waals surface area (Å²) in [6, 6.07) is 0. The predicted octanol–water partition coefficient (Wildman–Crippen LogP) is 1.58. The van der Waals surface area contributed by atoms with Crippen LogP contribution in [-0.4, -0.2) is 31.2 Å². The zero-order valence-corrected chi connectivity index (χ0v) is 11.5. The highest BCUT2D eigenvalue weighted by atomic mass is 16.5. The SMILES string of the molecule is CC1(C(=O)NCC2(CN)CCCCC2)CCCO1. The van der Waals surface area contributed by atoms with Gasteiger partial charge in [0.2, 0.25) is 0 Å². The molecule has 2 aliphatic rings. The minimum atomic E-state index is -0.607. The Morgan fingerprint density at radius 2 is 1.94 bits per heavy atom. The largest absolute Gasteiger partial charge is 0.365 e. The van der Waals surface area contributed by atoms with Gasteiger partial charge in [-0.05, 0) is 44.6 Å². The second kappa shape index (κ2) is 5.57. The van der Waals surface area contributed by atoms with E-state index >= 15 is 0 Å². The Bertz CT molecular complexity index is 292. The van der Waals surface area contributed by atoms with Gasteiger partial charge in [-0.25, -0.2) is 0 Å². The molecule has 1 saturated heterocycles. The summed E-state index contributed by atoms with van der Waals surface area (Å²) in [6.07, 6.45) is 7.86. The van der Waals surface area contributed by atoms with Crippen molar-refractivity contribution < 1.29 is 9.53 Å². The number of amides is 1. The van der Waals surface area contributed by atoms with Crippen molar-refractivity contribution in [3.05, 3.63) is 0 Å². The molecule has 1 aliphatic heterocycles. The lowest BCUT2D eigenvalue weighted by Crippen LogP contribution is -2.50. The van der Waals surface area contributed by atoms with Crippen LogP contribution in [0.1, 0.15) is 51.9 Å². The molecule has 0 radical (unpaired) electrons. The number of rotatable bonds is 4. The van der Waals surface area contributed by atoms with Crippen molar-refractivity contribution in [2.24, 2.45) is 11.1 Å². The molecule has 3 N–H and O–H groups in total. The van der Waals surface area contributed by atoms with Crippen molar-refractivity contribution in [1.82, 2.24) is 5.32 Å². The first kappa shape index (κ1) is 13.8. The van der Waals surface area contributed by atoms with Crippen LogP contribution in [0.2, 0.25) is 0 Å². The Balaban J connectivity index is 1.87. The molecule has 18 heavy (non-hydrogen) atoms. The second-order valence-corrected chi connectivity index (χ2v) is 6.13. The molecular formula is C14H26N2O2. The van der Waals surface area contributed by atoms with E-state index in [-0.39, 0.29) is 11.3 Å². The Hall–Kier alpha value is -0.610. The van der Waals surface area contributed by atoms with E-state index in [1.165, 1.54) is 19.3 Å². The molecule has 1 saturated carbocycles. The number of carbonyl (C=O) groups is 1. The zero-order valence-electron chi connectivity index (χ0n) is 11.5. The maximum atomic E-state index is 12.2. The van der Waals surface area contributed by atoms with Gasteiger partial charge in [-0.15, -0.1) is 0 Å². The quantitative estimate of drug-likeness (QED) is 0.800. The number of ether oxygens (including phenoxy) is 1. The van der Waals surface area contributed by atoms with Crippen LogP contribution in [-0.2, 0) is 9.53 Å². The summed E-state index contributed by atoms with van der Waals surface area (Å²) in [7, 11) is 0. The van der Waals surface area contributed by atoms with Crippen molar-refractivity contribution in [2.45, 2.75) is 57.5 Å². The highest BCUT2D eigenvalue weighted by Gasteiger charge is 2.39. The number of nitrogens with two attached hydrogens (primary N) is 1. The van der Waals surface area contributed by atoms with Gasteiger partial charge in [0.15, 0.2) is 0 Å². The van der Waals surface area contributed by atoms with Crippen molar-refractivity contribution in [1.29, 1.82) is 0 Å². The lowest BCUT2D eigenvalue weighted by Gasteiger charge is -2.37. The smallest absolute Gasteiger partial charge is 0.251 e. The van der Waals surface area contributed by atoms with Crippen LogP contribution in [0.3, 0.4) is 0 Å². The van der Waals surface area contributed by atoms with Gasteiger partial charge >= 0.3 is 0 Å². The molecule has 1 amide bonds. The van der Waals surface area contributed by atoms with Crippen LogP contribution in [0, 0.1) is 5.41 Å². The lowest BCUT2D eigenvalue weighted by atomic mass is 9.74. The van der Waals surface area contributed by atoms with Crippen LogP contribution >= 0.6 is 0 Å². The molecule has 0 aromatic carbocycles. The first-order valence-corrected chi connectivity index (χ1v) is 7.23. The first-order valence-electron chi connectivity index (χ1n) is 7.23. The molecule has 0 aromatic heterocycles. The predicted molar refractivity (Wildman–Crippen MR) is 71.2 cm³/mol. The monoisotopic (exact) mass is 254 g/mol. The van der Waals surface area contributed by atoms with Gasteiger partial charge < -0.3 is 15.8 Å². The summed E-state index contributed by atoms with van der Waals surface area (Å²) >= 11 is 0. The van der Waals surface area contributed by atoms with E-state index in [2.05, 4.69) is 5.32 Å². The summed E-state index contributed by atoms with van der Waals surface area (Å²) < 4.78 is 5.57. The van der Waals surface area contributed by atoms with Crippen LogP contribution in [0.25, 0.3) is 0 Å². The molecule has 0 aromatic rings. The molecule has 1 atom stereocenters. The van der Waals surface area contributed by atoms with E-state index < -0.39 is 5.60 Å². The normalized spacial score (nSPS) is 31.2. The highest BCUT2D eigenvalue weighted by molar-refractivity contribution is 5.85. The van der Waals surface area contributed by atoms with Gasteiger partial charge in [0, 0.05) is 13.2 Å². The number of carbonyl (C=O) groups excluding carboxylic acids is 1. The third kappa shape index (κ3) is 2.86. The number of hydrogen-bond donors (Lipinski definition) is 2. The van der Waals surface area contributed by atoms with Crippen LogP contribution < -0.4 is 11.1 Å². The van der Waals surface area contributed by atoms with Gasteiger partial charge in [-0.2, -0.15) is 0 Å². The van der Waals surface area contributed by atoms with Crippen LogP contribution in [0.15, 0.2) is 0 Å². The molecule has 0 bridgehead atoms. The van der Waals surface area contributed by atoms with E-state index in [1.807, 2.05) is 6.92 Å². The molecule has 2 rings (SSSR count). The maximum absolute atomic E-state index is 12.2. The highest BCUT2D eigenvalue weighted by Crippen LogP contribution is 2.35. The molecule has 1 unspecified atom stereocenters. The van der Waals surface area contributed by atoms with E-state index in [4.69, 9.17) is 10.5 Å². The first-order chi connectivity index (χ1) is 8.60. The van der Waals surface area contributed by atoms with E-state index in [1.54, 1.807) is 0 Å². The Morgan fingerprint density at radius 3 is 2.50 bits per heavy atom. The van der Waals surface area contributed by atoms with Crippen molar-refractivity contribution in [3.63, 3.8) is 0 Å². The molecule has 4 heteroatoms. The zero-order chi connectivity index (χ0) is 13.1. The number of hydrogen-bond acceptors (Lipinski definition) is 3. The standard InChI is InChI=1S/C14H26N2O2/c1-13(6-5-9-18-13)12(17)16-11-14(10-15)7-3-2-4-8-14/h2-11,15H2,1H3,(H,16,17). The third-order valence-corrected chi connectivity index (χ3v) is 4.67. The molecule has 4 nitrogen and oxygen atoms in total. The summed E-state index contributed by atoms with van der Waals surface area (Å²) in [6.45, 7) is 3.98. The Kier molecular flexibility index (Phi) is 4.28. The molecule has 104 valence electrons. The van der Waals surface area contributed by atoms with Crippen molar-refractivity contribution in [2.75, 3.05) is 19.7 Å². The Labute approximate surface area is 110 Å². The maximum Gasteiger partial charge on any atom is 0.251 e. The van der Waals surface area contributed by atoms with Gasteiger partial charge in [0.05, 0.1) is 0 Å². The van der Waals surface area contributed by atoms with E-state index in [9.17, 15) is 4.79 Å².